The van der Waals surface area contributed by atoms with Crippen molar-refractivity contribution in [3.05, 3.63) is 82.1 Å². The lowest BCUT2D eigenvalue weighted by Gasteiger charge is -2.42. The Morgan fingerprint density at radius 2 is 1.87 bits per heavy atom. The molecule has 1 fully saturated rings. The van der Waals surface area contributed by atoms with Gasteiger partial charge in [0.1, 0.15) is 6.04 Å². The molecule has 0 radical (unpaired) electrons. The number of benzene rings is 1. The molecule has 2 atom stereocenters. The number of nitrogens with zero attached hydrogens (tertiary/aromatic N) is 2. The topological polar surface area (TPSA) is 57.3 Å². The molecule has 4 rings (SSSR count). The monoisotopic (exact) mass is 548 g/mol. The fraction of sp³-hybridized carbons (Fsp3) is 0.429. The number of carbonyl (C=O) groups is 1. The zero-order valence-electron chi connectivity index (χ0n) is 21.6. The van der Waals surface area contributed by atoms with E-state index in [1.807, 2.05) is 37.8 Å². The van der Waals surface area contributed by atoms with Gasteiger partial charge in [-0.15, -0.1) is 11.3 Å². The number of hydrogen-bond acceptors (Lipinski definition) is 4. The van der Waals surface area contributed by atoms with Crippen LogP contribution in [0.5, 0.6) is 0 Å². The third kappa shape index (κ3) is 6.35. The number of pyridine rings is 1. The first-order valence-corrected chi connectivity index (χ1v) is 13.3. The van der Waals surface area contributed by atoms with Crippen LogP contribution in [-0.4, -0.2) is 41.2 Å². The Morgan fingerprint density at radius 3 is 2.47 bits per heavy atom. The largest absolute Gasteiger partial charge is 0.409 e. The van der Waals surface area contributed by atoms with E-state index in [0.29, 0.717) is 17.1 Å². The van der Waals surface area contributed by atoms with Gasteiger partial charge in [-0.05, 0) is 82.5 Å². The summed E-state index contributed by atoms with van der Waals surface area (Å²) in [5.41, 5.74) is 0.254. The van der Waals surface area contributed by atoms with E-state index in [-0.39, 0.29) is 30.9 Å². The standard InChI is InChI=1S/C28H32F4N4OS/c1-19-9-10-20(17-33-19)26(2,3)36-16-15-27(18-36,14-13-22-11-12-23(29)38-22)24(28(30,31)32)35-25(37)34-21-7-5-4-6-8-21/h4-12,17,24H,13-16,18H2,1-3H3,(H2,34,35,37)/t24-,27?/m1/s1. The highest BCUT2D eigenvalue weighted by molar-refractivity contribution is 7.10. The maximum atomic E-state index is 14.7. The van der Waals surface area contributed by atoms with Crippen molar-refractivity contribution in [3.63, 3.8) is 0 Å². The molecule has 1 aliphatic heterocycles. The summed E-state index contributed by atoms with van der Waals surface area (Å²) < 4.78 is 57.8. The van der Waals surface area contributed by atoms with Gasteiger partial charge >= 0.3 is 12.2 Å². The van der Waals surface area contributed by atoms with E-state index in [2.05, 4.69) is 15.6 Å². The highest BCUT2D eigenvalue weighted by Crippen LogP contribution is 2.48. The van der Waals surface area contributed by atoms with E-state index >= 15 is 0 Å². The summed E-state index contributed by atoms with van der Waals surface area (Å²) in [6.45, 7) is 6.35. The number of thiophene rings is 1. The van der Waals surface area contributed by atoms with E-state index in [1.54, 1.807) is 42.6 Å². The average Bonchev–Trinajstić information content (AvgIpc) is 3.49. The molecule has 1 saturated heterocycles. The maximum Gasteiger partial charge on any atom is 0.409 e. The molecule has 1 unspecified atom stereocenters. The number of likely N-dealkylation sites (tertiary alicyclic amines) is 1. The molecule has 0 saturated carbocycles. The molecule has 0 spiro atoms. The number of anilines is 1. The van der Waals surface area contributed by atoms with Crippen molar-refractivity contribution in [3.8, 4) is 0 Å². The van der Waals surface area contributed by atoms with Gasteiger partial charge in [-0.25, -0.2) is 4.79 Å². The fourth-order valence-electron chi connectivity index (χ4n) is 5.23. The van der Waals surface area contributed by atoms with Crippen LogP contribution in [0.3, 0.4) is 0 Å². The van der Waals surface area contributed by atoms with Crippen LogP contribution in [-0.2, 0) is 12.0 Å². The number of urea groups is 1. The number of amides is 2. The second kappa shape index (κ2) is 11.0. The Hall–Kier alpha value is -2.98. The minimum Gasteiger partial charge on any atom is -0.325 e. The number of alkyl halides is 3. The van der Waals surface area contributed by atoms with Crippen LogP contribution in [0.15, 0.2) is 60.8 Å². The molecule has 3 aromatic rings. The van der Waals surface area contributed by atoms with Crippen LogP contribution in [0.25, 0.3) is 0 Å². The van der Waals surface area contributed by atoms with Crippen molar-refractivity contribution in [2.24, 2.45) is 5.41 Å². The van der Waals surface area contributed by atoms with Crippen molar-refractivity contribution in [2.75, 3.05) is 18.4 Å². The lowest BCUT2D eigenvalue weighted by Crippen LogP contribution is -2.58. The van der Waals surface area contributed by atoms with E-state index < -0.39 is 29.2 Å². The molecule has 204 valence electrons. The lowest BCUT2D eigenvalue weighted by atomic mass is 9.74. The van der Waals surface area contributed by atoms with Gasteiger partial charge in [0.2, 0.25) is 0 Å². The summed E-state index contributed by atoms with van der Waals surface area (Å²) in [5.74, 6) is 0. The van der Waals surface area contributed by atoms with Crippen LogP contribution >= 0.6 is 11.3 Å². The lowest BCUT2D eigenvalue weighted by molar-refractivity contribution is -0.181. The van der Waals surface area contributed by atoms with Gasteiger partial charge in [-0.1, -0.05) is 24.3 Å². The first-order chi connectivity index (χ1) is 17.9. The number of carbonyl (C=O) groups excluding carboxylic acids is 1. The number of aromatic nitrogens is 1. The number of nitrogens with one attached hydrogen (secondary N) is 2. The number of halogens is 4. The molecule has 2 amide bonds. The third-order valence-electron chi connectivity index (χ3n) is 7.54. The average molecular weight is 549 g/mol. The van der Waals surface area contributed by atoms with Crippen molar-refractivity contribution in [1.29, 1.82) is 0 Å². The molecular weight excluding hydrogens is 516 g/mol. The highest BCUT2D eigenvalue weighted by atomic mass is 32.1. The van der Waals surface area contributed by atoms with Gasteiger partial charge in [0, 0.05) is 40.0 Å². The fourth-order valence-corrected chi connectivity index (χ4v) is 5.96. The van der Waals surface area contributed by atoms with Crippen molar-refractivity contribution < 1.29 is 22.4 Å². The number of rotatable bonds is 8. The summed E-state index contributed by atoms with van der Waals surface area (Å²) in [4.78, 5) is 19.9. The maximum absolute atomic E-state index is 14.7. The molecule has 5 nitrogen and oxygen atoms in total. The Kier molecular flexibility index (Phi) is 8.13. The van der Waals surface area contributed by atoms with Crippen molar-refractivity contribution in [2.45, 2.75) is 57.8 Å². The van der Waals surface area contributed by atoms with Gasteiger partial charge in [-0.3, -0.25) is 9.88 Å². The van der Waals surface area contributed by atoms with Crippen molar-refractivity contribution in [1.82, 2.24) is 15.2 Å². The van der Waals surface area contributed by atoms with E-state index in [9.17, 15) is 22.4 Å². The summed E-state index contributed by atoms with van der Waals surface area (Å²) in [6, 6.07) is 12.1. The zero-order valence-corrected chi connectivity index (χ0v) is 22.4. The van der Waals surface area contributed by atoms with Gasteiger partial charge < -0.3 is 10.6 Å². The number of aryl methyl sites for hydroxylation is 2. The van der Waals surface area contributed by atoms with Crippen LogP contribution in [0.1, 0.15) is 42.8 Å². The van der Waals surface area contributed by atoms with Gasteiger partial charge in [-0.2, -0.15) is 17.6 Å². The summed E-state index contributed by atoms with van der Waals surface area (Å²) in [5, 5.41) is 4.41. The van der Waals surface area contributed by atoms with Crippen molar-refractivity contribution >= 4 is 23.1 Å². The molecule has 0 aliphatic carbocycles. The normalized spacial score (nSPS) is 19.3. The number of hydrogen-bond donors (Lipinski definition) is 2. The zero-order chi connectivity index (χ0) is 27.6. The minimum atomic E-state index is -4.69. The molecule has 10 heteroatoms. The van der Waals surface area contributed by atoms with E-state index in [1.165, 1.54) is 6.07 Å². The van der Waals surface area contributed by atoms with Crippen LogP contribution in [0, 0.1) is 17.5 Å². The smallest absolute Gasteiger partial charge is 0.325 e. The Balaban J connectivity index is 1.63. The Bertz CT molecular complexity index is 1230. The first kappa shape index (κ1) is 28.0. The second-order valence-corrected chi connectivity index (χ2v) is 11.5. The van der Waals surface area contributed by atoms with Crippen LogP contribution < -0.4 is 10.6 Å². The first-order valence-electron chi connectivity index (χ1n) is 12.5. The molecule has 3 heterocycles. The molecule has 2 aromatic heterocycles. The summed E-state index contributed by atoms with van der Waals surface area (Å²) >= 11 is 0.940. The Labute approximate surface area is 224 Å². The molecule has 1 aliphatic rings. The molecule has 1 aromatic carbocycles. The predicted octanol–water partition coefficient (Wildman–Crippen LogP) is 6.90. The van der Waals surface area contributed by atoms with Crippen LogP contribution in [0.2, 0.25) is 0 Å². The quantitative estimate of drug-likeness (QED) is 0.301. The van der Waals surface area contributed by atoms with Crippen LogP contribution in [0.4, 0.5) is 28.0 Å². The molecule has 2 N–H and O–H groups in total. The third-order valence-corrected chi connectivity index (χ3v) is 8.47. The second-order valence-electron chi connectivity index (χ2n) is 10.4. The van der Waals surface area contributed by atoms with Gasteiger partial charge in [0.15, 0.2) is 5.13 Å². The van der Waals surface area contributed by atoms with Gasteiger partial charge in [0.05, 0.1) is 0 Å². The minimum absolute atomic E-state index is 0.109. The van der Waals surface area contributed by atoms with E-state index in [0.717, 1.165) is 22.6 Å². The predicted molar refractivity (Wildman–Crippen MR) is 142 cm³/mol. The summed E-state index contributed by atoms with van der Waals surface area (Å²) in [6.07, 6.45) is -2.29. The molecular formula is C28H32F4N4OS. The Morgan fingerprint density at radius 1 is 1.13 bits per heavy atom. The van der Waals surface area contributed by atoms with Gasteiger partial charge in [0.25, 0.3) is 0 Å². The van der Waals surface area contributed by atoms with E-state index in [4.69, 9.17) is 0 Å². The molecule has 0 bridgehead atoms. The summed E-state index contributed by atoms with van der Waals surface area (Å²) in [7, 11) is 0. The highest BCUT2D eigenvalue weighted by Gasteiger charge is 2.57. The number of para-hydroxylation sites is 1. The molecule has 38 heavy (non-hydrogen) atoms. The SMILES string of the molecule is Cc1ccc(C(C)(C)N2CCC(CCc3ccc(F)s3)([C@@H](NC(=O)Nc3ccccc3)C(F)(F)F)C2)cn1.